The van der Waals surface area contributed by atoms with Crippen LogP contribution in [0.4, 0.5) is 5.69 Å². The molecule has 1 aliphatic carbocycles. The van der Waals surface area contributed by atoms with Crippen molar-refractivity contribution in [2.45, 2.75) is 45.6 Å². The highest BCUT2D eigenvalue weighted by molar-refractivity contribution is 9.10. The zero-order valence-electron chi connectivity index (χ0n) is 14.5. The van der Waals surface area contributed by atoms with Gasteiger partial charge in [0.25, 0.3) is 0 Å². The molecule has 1 aliphatic rings. The smallest absolute Gasteiger partial charge is 0.243 e. The second-order valence-corrected chi connectivity index (χ2v) is 7.36. The van der Waals surface area contributed by atoms with Crippen molar-refractivity contribution in [1.82, 2.24) is 10.6 Å². The van der Waals surface area contributed by atoms with Gasteiger partial charge in [0.15, 0.2) is 0 Å². The number of hydrogen-bond donors (Lipinski definition) is 3. The summed E-state index contributed by atoms with van der Waals surface area (Å²) in [5, 5.41) is 8.14. The second-order valence-electron chi connectivity index (χ2n) is 6.45. The van der Waals surface area contributed by atoms with E-state index in [0.29, 0.717) is 5.69 Å². The maximum atomic E-state index is 12.4. The molecule has 136 valence electrons. The molecule has 0 aliphatic heterocycles. The molecular weight excluding hydrogens is 386 g/mol. The van der Waals surface area contributed by atoms with Crippen LogP contribution in [0.15, 0.2) is 22.7 Å². The molecule has 1 atom stereocenters. The number of halogens is 1. The summed E-state index contributed by atoms with van der Waals surface area (Å²) < 4.78 is 0.936. The third-order valence-corrected chi connectivity index (χ3v) is 4.89. The number of anilines is 1. The lowest BCUT2D eigenvalue weighted by molar-refractivity contribution is -0.130. The van der Waals surface area contributed by atoms with Crippen LogP contribution in [-0.4, -0.2) is 30.3 Å². The van der Waals surface area contributed by atoms with E-state index in [-0.39, 0.29) is 30.2 Å². The van der Waals surface area contributed by atoms with Crippen molar-refractivity contribution in [3.05, 3.63) is 28.2 Å². The van der Waals surface area contributed by atoms with Gasteiger partial charge in [-0.2, -0.15) is 0 Å². The van der Waals surface area contributed by atoms with E-state index in [9.17, 15) is 14.4 Å². The van der Waals surface area contributed by atoms with Gasteiger partial charge in [-0.3, -0.25) is 14.4 Å². The molecule has 0 aromatic heterocycles. The zero-order chi connectivity index (χ0) is 18.4. The molecule has 0 saturated heterocycles. The molecule has 1 saturated carbocycles. The molecule has 0 radical (unpaired) electrons. The second kappa shape index (κ2) is 8.99. The predicted octanol–water partition coefficient (Wildman–Crippen LogP) is 2.51. The summed E-state index contributed by atoms with van der Waals surface area (Å²) in [6.45, 7) is 3.17. The highest BCUT2D eigenvalue weighted by atomic mass is 79.9. The number of carbonyl (C=O) groups is 3. The van der Waals surface area contributed by atoms with Crippen molar-refractivity contribution in [2.75, 3.05) is 11.9 Å². The summed E-state index contributed by atoms with van der Waals surface area (Å²) in [5.41, 5.74) is 1.63. The Morgan fingerprint density at radius 3 is 2.52 bits per heavy atom. The van der Waals surface area contributed by atoms with Crippen molar-refractivity contribution in [3.63, 3.8) is 0 Å². The third-order valence-electron chi connectivity index (χ3n) is 4.40. The Morgan fingerprint density at radius 2 is 1.92 bits per heavy atom. The number of amides is 3. The first-order valence-corrected chi connectivity index (χ1v) is 9.27. The van der Waals surface area contributed by atoms with Gasteiger partial charge in [0.2, 0.25) is 17.7 Å². The van der Waals surface area contributed by atoms with Gasteiger partial charge in [-0.1, -0.05) is 28.8 Å². The first-order chi connectivity index (χ1) is 11.9. The van der Waals surface area contributed by atoms with Crippen LogP contribution in [0.3, 0.4) is 0 Å². The van der Waals surface area contributed by atoms with Crippen LogP contribution in [0.25, 0.3) is 0 Å². The summed E-state index contributed by atoms with van der Waals surface area (Å²) in [6.07, 6.45) is 3.97. The van der Waals surface area contributed by atoms with E-state index >= 15 is 0 Å². The van der Waals surface area contributed by atoms with Crippen molar-refractivity contribution in [2.24, 2.45) is 5.92 Å². The third kappa shape index (κ3) is 5.85. The highest BCUT2D eigenvalue weighted by Gasteiger charge is 2.31. The number of aryl methyl sites for hydroxylation is 1. The topological polar surface area (TPSA) is 87.3 Å². The number of carbonyl (C=O) groups excluding carboxylic acids is 3. The van der Waals surface area contributed by atoms with Gasteiger partial charge in [0.1, 0.15) is 6.04 Å². The van der Waals surface area contributed by atoms with Crippen LogP contribution in [0.5, 0.6) is 0 Å². The Labute approximate surface area is 156 Å². The summed E-state index contributed by atoms with van der Waals surface area (Å²) in [5.74, 6) is -0.695. The number of hydrogen-bond acceptors (Lipinski definition) is 3. The van der Waals surface area contributed by atoms with E-state index in [1.54, 1.807) is 6.07 Å². The molecule has 2 rings (SSSR count). The van der Waals surface area contributed by atoms with Gasteiger partial charge in [-0.25, -0.2) is 0 Å². The normalized spacial score (nSPS) is 15.5. The van der Waals surface area contributed by atoms with Crippen LogP contribution in [-0.2, 0) is 14.4 Å². The summed E-state index contributed by atoms with van der Waals surface area (Å²) in [6, 6.07) is 4.98. The van der Waals surface area contributed by atoms with Crippen molar-refractivity contribution in [1.29, 1.82) is 0 Å². The van der Waals surface area contributed by atoms with Crippen LogP contribution >= 0.6 is 15.9 Å². The molecule has 1 aromatic carbocycles. The van der Waals surface area contributed by atoms with Gasteiger partial charge < -0.3 is 16.0 Å². The fourth-order valence-corrected chi connectivity index (χ4v) is 3.62. The molecule has 7 heteroatoms. The van der Waals surface area contributed by atoms with Gasteiger partial charge >= 0.3 is 0 Å². The largest absolute Gasteiger partial charge is 0.345 e. The van der Waals surface area contributed by atoms with Crippen molar-refractivity contribution >= 4 is 39.3 Å². The zero-order valence-corrected chi connectivity index (χ0v) is 16.1. The minimum absolute atomic E-state index is 0.128. The Balaban J connectivity index is 1.90. The first-order valence-electron chi connectivity index (χ1n) is 8.47. The molecule has 0 spiro atoms. The fraction of sp³-hybridized carbons (Fsp3) is 0.500. The molecule has 1 fully saturated rings. The number of benzene rings is 1. The fourth-order valence-electron chi connectivity index (χ4n) is 3.15. The van der Waals surface area contributed by atoms with Crippen molar-refractivity contribution < 1.29 is 14.4 Å². The standard InChI is InChI=1S/C18H24BrN3O3/c1-11-9-14(19)7-8-15(11)22-16(24)10-20-18(25)17(21-12(2)23)13-5-3-4-6-13/h7-9,13,17H,3-6,10H2,1-2H3,(H,20,25)(H,21,23)(H,22,24). The lowest BCUT2D eigenvalue weighted by Gasteiger charge is -2.23. The van der Waals surface area contributed by atoms with Gasteiger partial charge in [-0.15, -0.1) is 0 Å². The maximum Gasteiger partial charge on any atom is 0.243 e. The average molecular weight is 410 g/mol. The minimum Gasteiger partial charge on any atom is -0.345 e. The van der Waals surface area contributed by atoms with Crippen molar-refractivity contribution in [3.8, 4) is 0 Å². The lowest BCUT2D eigenvalue weighted by atomic mass is 9.97. The van der Waals surface area contributed by atoms with E-state index in [0.717, 1.165) is 35.7 Å². The molecule has 6 nitrogen and oxygen atoms in total. The molecular formula is C18H24BrN3O3. The maximum absolute atomic E-state index is 12.4. The summed E-state index contributed by atoms with van der Waals surface area (Å²) in [4.78, 5) is 35.9. The quantitative estimate of drug-likeness (QED) is 0.674. The lowest BCUT2D eigenvalue weighted by Crippen LogP contribution is -2.51. The van der Waals surface area contributed by atoms with Gasteiger partial charge in [-0.05, 0) is 49.4 Å². The molecule has 1 unspecified atom stereocenters. The highest BCUT2D eigenvalue weighted by Crippen LogP contribution is 2.28. The Morgan fingerprint density at radius 1 is 1.24 bits per heavy atom. The first kappa shape index (κ1) is 19.4. The molecule has 3 amide bonds. The van der Waals surface area contributed by atoms with Crippen LogP contribution in [0.2, 0.25) is 0 Å². The predicted molar refractivity (Wildman–Crippen MR) is 100 cm³/mol. The van der Waals surface area contributed by atoms with E-state index in [2.05, 4.69) is 31.9 Å². The monoisotopic (exact) mass is 409 g/mol. The van der Waals surface area contributed by atoms with Gasteiger partial charge in [0.05, 0.1) is 6.54 Å². The number of nitrogens with one attached hydrogen (secondary N) is 3. The molecule has 1 aromatic rings. The Hall–Kier alpha value is -1.89. The number of rotatable bonds is 6. The molecule has 25 heavy (non-hydrogen) atoms. The van der Waals surface area contributed by atoms with E-state index in [1.807, 2.05) is 19.1 Å². The summed E-state index contributed by atoms with van der Waals surface area (Å²) in [7, 11) is 0. The molecule has 3 N–H and O–H groups in total. The SMILES string of the molecule is CC(=O)NC(C(=O)NCC(=O)Nc1ccc(Br)cc1C)C1CCCC1. The van der Waals surface area contributed by atoms with Crippen LogP contribution < -0.4 is 16.0 Å². The van der Waals surface area contributed by atoms with Gasteiger partial charge in [0, 0.05) is 17.1 Å². The van der Waals surface area contributed by atoms with Crippen LogP contribution in [0.1, 0.15) is 38.2 Å². The van der Waals surface area contributed by atoms with E-state index in [4.69, 9.17) is 0 Å². The Bertz CT molecular complexity index is 657. The molecule has 0 heterocycles. The molecule has 0 bridgehead atoms. The van der Waals surface area contributed by atoms with Crippen LogP contribution in [0, 0.1) is 12.8 Å². The summed E-state index contributed by atoms with van der Waals surface area (Å²) >= 11 is 3.38. The Kier molecular flexibility index (Phi) is 6.99. The average Bonchev–Trinajstić information content (AvgIpc) is 3.07. The minimum atomic E-state index is -0.567. The van der Waals surface area contributed by atoms with E-state index in [1.165, 1.54) is 6.92 Å². The van der Waals surface area contributed by atoms with E-state index < -0.39 is 6.04 Å².